The smallest absolute Gasteiger partial charge is 0.307 e. The van der Waals surface area contributed by atoms with Crippen LogP contribution < -0.4 is 5.32 Å². The van der Waals surface area contributed by atoms with Gasteiger partial charge in [0, 0.05) is 36.1 Å². The Morgan fingerprint density at radius 2 is 2.15 bits per heavy atom. The molecule has 1 aliphatic rings. The molecule has 2 heterocycles. The fraction of sp³-hybridized carbons (Fsp3) is 0.400. The summed E-state index contributed by atoms with van der Waals surface area (Å²) in [6.07, 6.45) is 1.07. The summed E-state index contributed by atoms with van der Waals surface area (Å²) in [5.41, 5.74) is 2.84. The van der Waals surface area contributed by atoms with Crippen LogP contribution in [0.1, 0.15) is 11.3 Å². The van der Waals surface area contributed by atoms with E-state index in [0.717, 1.165) is 35.2 Å². The van der Waals surface area contributed by atoms with Crippen LogP contribution in [0.25, 0.3) is 10.9 Å². The highest BCUT2D eigenvalue weighted by atomic mass is 16.5. The molecule has 5 heteroatoms. The van der Waals surface area contributed by atoms with E-state index in [1.165, 1.54) is 0 Å². The number of nitrogens with one attached hydrogen (secondary N) is 2. The quantitative estimate of drug-likeness (QED) is 0.743. The van der Waals surface area contributed by atoms with Crippen LogP contribution >= 0.6 is 0 Å². The van der Waals surface area contributed by atoms with Crippen molar-refractivity contribution in [2.45, 2.75) is 18.9 Å². The minimum atomic E-state index is -0.805. The van der Waals surface area contributed by atoms with Gasteiger partial charge in [0.25, 0.3) is 0 Å². The number of carboxylic acids is 1. The minimum Gasteiger partial charge on any atom is -0.481 e. The van der Waals surface area contributed by atoms with E-state index in [1.807, 2.05) is 24.3 Å². The maximum Gasteiger partial charge on any atom is 0.307 e. The SMILES string of the molecule is O=C(O)Cc1c(CCOC2CNC2)[nH]c2ccccc12. The normalized spacial score (nSPS) is 15.4. The van der Waals surface area contributed by atoms with Crippen molar-refractivity contribution in [1.82, 2.24) is 10.3 Å². The summed E-state index contributed by atoms with van der Waals surface area (Å²) < 4.78 is 5.71. The van der Waals surface area contributed by atoms with Gasteiger partial charge in [-0.3, -0.25) is 4.79 Å². The minimum absolute atomic E-state index is 0.0460. The van der Waals surface area contributed by atoms with Crippen LogP contribution in [-0.2, 0) is 22.4 Å². The monoisotopic (exact) mass is 274 g/mol. The van der Waals surface area contributed by atoms with Crippen LogP contribution in [0, 0.1) is 0 Å². The number of carbonyl (C=O) groups is 1. The number of para-hydroxylation sites is 1. The van der Waals surface area contributed by atoms with Crippen molar-refractivity contribution in [3.8, 4) is 0 Å². The molecule has 0 saturated carbocycles. The van der Waals surface area contributed by atoms with Gasteiger partial charge in [-0.25, -0.2) is 0 Å². The first-order valence-corrected chi connectivity index (χ1v) is 6.86. The number of hydrogen-bond acceptors (Lipinski definition) is 3. The zero-order chi connectivity index (χ0) is 13.9. The molecule has 2 aromatic rings. The van der Waals surface area contributed by atoms with Crippen LogP contribution in [0.3, 0.4) is 0 Å². The molecule has 0 atom stereocenters. The fourth-order valence-corrected chi connectivity index (χ4v) is 2.53. The number of aliphatic carboxylic acids is 1. The highest BCUT2D eigenvalue weighted by Crippen LogP contribution is 2.23. The number of aromatic amines is 1. The number of benzene rings is 1. The summed E-state index contributed by atoms with van der Waals surface area (Å²) in [5.74, 6) is -0.805. The lowest BCUT2D eigenvalue weighted by Gasteiger charge is -2.27. The lowest BCUT2D eigenvalue weighted by Crippen LogP contribution is -2.48. The first kappa shape index (κ1) is 13.1. The van der Waals surface area contributed by atoms with Gasteiger partial charge in [-0.05, 0) is 11.6 Å². The van der Waals surface area contributed by atoms with E-state index >= 15 is 0 Å². The van der Waals surface area contributed by atoms with Crippen LogP contribution in [0.15, 0.2) is 24.3 Å². The van der Waals surface area contributed by atoms with Crippen molar-refractivity contribution in [3.05, 3.63) is 35.5 Å². The van der Waals surface area contributed by atoms with E-state index in [9.17, 15) is 4.79 Å². The van der Waals surface area contributed by atoms with Crippen molar-refractivity contribution in [2.24, 2.45) is 0 Å². The lowest BCUT2D eigenvalue weighted by molar-refractivity contribution is -0.136. The molecule has 0 aliphatic carbocycles. The summed E-state index contributed by atoms with van der Waals surface area (Å²) in [7, 11) is 0. The Morgan fingerprint density at radius 3 is 2.85 bits per heavy atom. The standard InChI is InChI=1S/C15H18N2O3/c18-15(19)7-12-11-3-1-2-4-13(11)17-14(12)5-6-20-10-8-16-9-10/h1-4,10,16-17H,5-9H2,(H,18,19). The molecule has 1 saturated heterocycles. The third-order valence-corrected chi connectivity index (χ3v) is 3.68. The average molecular weight is 274 g/mol. The largest absolute Gasteiger partial charge is 0.481 e. The summed E-state index contributed by atoms with van der Waals surface area (Å²) >= 11 is 0. The van der Waals surface area contributed by atoms with Gasteiger partial charge >= 0.3 is 5.97 Å². The number of carboxylic acid groups (broad SMARTS) is 1. The number of hydrogen-bond donors (Lipinski definition) is 3. The Balaban J connectivity index is 1.78. The molecule has 0 unspecified atom stereocenters. The van der Waals surface area contributed by atoms with Crippen molar-refractivity contribution >= 4 is 16.9 Å². The maximum atomic E-state index is 11.0. The Bertz CT molecular complexity index is 617. The Morgan fingerprint density at radius 1 is 1.35 bits per heavy atom. The number of ether oxygens (including phenoxy) is 1. The highest BCUT2D eigenvalue weighted by Gasteiger charge is 2.18. The summed E-state index contributed by atoms with van der Waals surface area (Å²) in [4.78, 5) is 14.4. The molecule has 1 aliphatic heterocycles. The number of rotatable bonds is 6. The number of H-pyrrole nitrogens is 1. The van der Waals surface area contributed by atoms with Crippen molar-refractivity contribution < 1.29 is 14.6 Å². The topological polar surface area (TPSA) is 74.3 Å². The predicted octanol–water partition coefficient (Wildman–Crippen LogP) is 1.33. The van der Waals surface area contributed by atoms with Crippen LogP contribution in [-0.4, -0.2) is 41.9 Å². The van der Waals surface area contributed by atoms with Gasteiger partial charge in [0.15, 0.2) is 0 Å². The van der Waals surface area contributed by atoms with E-state index in [4.69, 9.17) is 9.84 Å². The second-order valence-electron chi connectivity index (χ2n) is 5.10. The Labute approximate surface area is 116 Å². The Hall–Kier alpha value is -1.85. The van der Waals surface area contributed by atoms with Gasteiger partial charge < -0.3 is 20.1 Å². The van der Waals surface area contributed by atoms with E-state index < -0.39 is 5.97 Å². The fourth-order valence-electron chi connectivity index (χ4n) is 2.53. The van der Waals surface area contributed by atoms with Gasteiger partial charge in [-0.1, -0.05) is 18.2 Å². The third-order valence-electron chi connectivity index (χ3n) is 3.68. The molecule has 0 radical (unpaired) electrons. The zero-order valence-electron chi connectivity index (χ0n) is 11.2. The first-order valence-electron chi connectivity index (χ1n) is 6.86. The van der Waals surface area contributed by atoms with Crippen molar-refractivity contribution in [1.29, 1.82) is 0 Å². The van der Waals surface area contributed by atoms with Gasteiger partial charge in [-0.15, -0.1) is 0 Å². The molecule has 0 bridgehead atoms. The van der Waals surface area contributed by atoms with E-state index in [-0.39, 0.29) is 6.42 Å². The first-order chi connectivity index (χ1) is 9.74. The van der Waals surface area contributed by atoms with Crippen molar-refractivity contribution in [3.63, 3.8) is 0 Å². The molecule has 0 amide bonds. The van der Waals surface area contributed by atoms with Crippen molar-refractivity contribution in [2.75, 3.05) is 19.7 Å². The predicted molar refractivity (Wildman–Crippen MR) is 76.0 cm³/mol. The molecule has 5 nitrogen and oxygen atoms in total. The van der Waals surface area contributed by atoms with Crippen LogP contribution in [0.2, 0.25) is 0 Å². The summed E-state index contributed by atoms with van der Waals surface area (Å²) in [5, 5.41) is 13.2. The maximum absolute atomic E-state index is 11.0. The zero-order valence-corrected chi connectivity index (χ0v) is 11.2. The lowest BCUT2D eigenvalue weighted by atomic mass is 10.1. The molecule has 3 rings (SSSR count). The molecule has 1 aromatic heterocycles. The average Bonchev–Trinajstić information content (AvgIpc) is 2.70. The van der Waals surface area contributed by atoms with E-state index in [2.05, 4.69) is 10.3 Å². The number of aromatic nitrogens is 1. The molecular weight excluding hydrogens is 256 g/mol. The van der Waals surface area contributed by atoms with Gasteiger partial charge in [0.1, 0.15) is 0 Å². The van der Waals surface area contributed by atoms with Gasteiger partial charge in [0.2, 0.25) is 0 Å². The summed E-state index contributed by atoms with van der Waals surface area (Å²) in [6, 6.07) is 7.82. The second kappa shape index (κ2) is 5.64. The molecule has 3 N–H and O–H groups in total. The van der Waals surface area contributed by atoms with E-state index in [1.54, 1.807) is 0 Å². The van der Waals surface area contributed by atoms with Gasteiger partial charge in [0.05, 0.1) is 19.1 Å². The molecule has 0 spiro atoms. The van der Waals surface area contributed by atoms with E-state index in [0.29, 0.717) is 19.1 Å². The Kier molecular flexibility index (Phi) is 3.71. The number of fused-ring (bicyclic) bond motifs is 1. The highest BCUT2D eigenvalue weighted by molar-refractivity contribution is 5.88. The second-order valence-corrected chi connectivity index (χ2v) is 5.10. The molecule has 1 fully saturated rings. The molecule has 1 aromatic carbocycles. The van der Waals surface area contributed by atoms with Crippen LogP contribution in [0.5, 0.6) is 0 Å². The van der Waals surface area contributed by atoms with Gasteiger partial charge in [-0.2, -0.15) is 0 Å². The third kappa shape index (κ3) is 2.69. The molecule has 20 heavy (non-hydrogen) atoms. The van der Waals surface area contributed by atoms with Crippen LogP contribution in [0.4, 0.5) is 0 Å². The molecular formula is C15H18N2O3. The molecule has 106 valence electrons. The summed E-state index contributed by atoms with van der Waals surface area (Å²) in [6.45, 7) is 2.44.